The molecule has 18 heavy (non-hydrogen) atoms. The van der Waals surface area contributed by atoms with Gasteiger partial charge in [0, 0.05) is 24.8 Å². The van der Waals surface area contributed by atoms with Crippen LogP contribution < -0.4 is 5.32 Å². The molecule has 1 unspecified atom stereocenters. The van der Waals surface area contributed by atoms with Gasteiger partial charge in [-0.15, -0.1) is 0 Å². The number of halogens is 1. The van der Waals surface area contributed by atoms with E-state index in [9.17, 15) is 0 Å². The van der Waals surface area contributed by atoms with E-state index in [-0.39, 0.29) is 6.10 Å². The second-order valence-electron chi connectivity index (χ2n) is 4.55. The van der Waals surface area contributed by atoms with E-state index in [2.05, 4.69) is 5.32 Å². The van der Waals surface area contributed by atoms with Gasteiger partial charge in [0.1, 0.15) is 0 Å². The van der Waals surface area contributed by atoms with Crippen LogP contribution in [-0.4, -0.2) is 32.9 Å². The Morgan fingerprint density at radius 1 is 1.33 bits per heavy atom. The van der Waals surface area contributed by atoms with Gasteiger partial charge in [-0.25, -0.2) is 0 Å². The van der Waals surface area contributed by atoms with E-state index in [1.807, 2.05) is 31.3 Å². The van der Waals surface area contributed by atoms with E-state index in [4.69, 9.17) is 21.1 Å². The average molecular weight is 270 g/mol. The maximum Gasteiger partial charge on any atom is 0.0952 e. The topological polar surface area (TPSA) is 30.5 Å². The molecule has 1 saturated heterocycles. The normalized spacial score (nSPS) is 18.8. The SMILES string of the molecule is CNCC(OC1CCOCC1)c1ccc(Cl)cc1. The first-order chi connectivity index (χ1) is 8.79. The van der Waals surface area contributed by atoms with E-state index in [1.54, 1.807) is 0 Å². The zero-order valence-corrected chi connectivity index (χ0v) is 11.5. The summed E-state index contributed by atoms with van der Waals surface area (Å²) in [5.74, 6) is 0. The summed E-state index contributed by atoms with van der Waals surface area (Å²) in [6.07, 6.45) is 2.34. The fourth-order valence-corrected chi connectivity index (χ4v) is 2.28. The first-order valence-corrected chi connectivity index (χ1v) is 6.80. The van der Waals surface area contributed by atoms with Gasteiger partial charge in [0.2, 0.25) is 0 Å². The third kappa shape index (κ3) is 3.95. The van der Waals surface area contributed by atoms with Gasteiger partial charge < -0.3 is 14.8 Å². The first-order valence-electron chi connectivity index (χ1n) is 6.43. The van der Waals surface area contributed by atoms with Gasteiger partial charge in [-0.3, -0.25) is 0 Å². The van der Waals surface area contributed by atoms with Crippen LogP contribution >= 0.6 is 11.6 Å². The lowest BCUT2D eigenvalue weighted by Gasteiger charge is -2.28. The smallest absolute Gasteiger partial charge is 0.0952 e. The molecule has 0 saturated carbocycles. The highest BCUT2D eigenvalue weighted by Crippen LogP contribution is 2.24. The summed E-state index contributed by atoms with van der Waals surface area (Å²) < 4.78 is 11.5. The molecule has 0 amide bonds. The number of benzene rings is 1. The summed E-state index contributed by atoms with van der Waals surface area (Å²) >= 11 is 5.91. The molecular weight excluding hydrogens is 250 g/mol. The predicted molar refractivity (Wildman–Crippen MR) is 73.0 cm³/mol. The number of likely N-dealkylation sites (N-methyl/N-ethyl adjacent to an activating group) is 1. The molecule has 4 heteroatoms. The lowest BCUT2D eigenvalue weighted by atomic mass is 10.1. The second-order valence-corrected chi connectivity index (χ2v) is 4.98. The van der Waals surface area contributed by atoms with E-state index in [0.29, 0.717) is 6.10 Å². The van der Waals surface area contributed by atoms with E-state index < -0.39 is 0 Å². The molecule has 2 rings (SSSR count). The molecule has 1 N–H and O–H groups in total. The van der Waals surface area contributed by atoms with Crippen molar-refractivity contribution in [3.8, 4) is 0 Å². The molecule has 3 nitrogen and oxygen atoms in total. The Morgan fingerprint density at radius 2 is 2.00 bits per heavy atom. The quantitative estimate of drug-likeness (QED) is 0.892. The molecule has 0 aliphatic carbocycles. The first kappa shape index (κ1) is 13.8. The standard InChI is InChI=1S/C14H20ClNO2/c1-16-10-14(11-2-4-12(15)5-3-11)18-13-6-8-17-9-7-13/h2-5,13-14,16H,6-10H2,1H3. The molecule has 1 aliphatic rings. The number of hydrogen-bond donors (Lipinski definition) is 1. The molecule has 0 aromatic heterocycles. The summed E-state index contributed by atoms with van der Waals surface area (Å²) in [6, 6.07) is 7.88. The van der Waals surface area contributed by atoms with Crippen LogP contribution in [0.15, 0.2) is 24.3 Å². The summed E-state index contributed by atoms with van der Waals surface area (Å²) in [5, 5.41) is 3.94. The van der Waals surface area contributed by atoms with Crippen LogP contribution in [0.25, 0.3) is 0 Å². The molecule has 0 spiro atoms. The third-order valence-electron chi connectivity index (χ3n) is 3.16. The fraction of sp³-hybridized carbons (Fsp3) is 0.571. The fourth-order valence-electron chi connectivity index (χ4n) is 2.15. The Kier molecular flexibility index (Phi) is 5.45. The van der Waals surface area contributed by atoms with Crippen molar-refractivity contribution < 1.29 is 9.47 Å². The van der Waals surface area contributed by atoms with Gasteiger partial charge in [0.25, 0.3) is 0 Å². The van der Waals surface area contributed by atoms with Crippen LogP contribution in [0.3, 0.4) is 0 Å². The summed E-state index contributed by atoms with van der Waals surface area (Å²) in [5.41, 5.74) is 1.17. The Balaban J connectivity index is 2.00. The zero-order chi connectivity index (χ0) is 12.8. The largest absolute Gasteiger partial charge is 0.381 e. The molecule has 100 valence electrons. The molecule has 1 heterocycles. The van der Waals surface area contributed by atoms with Gasteiger partial charge >= 0.3 is 0 Å². The number of rotatable bonds is 5. The van der Waals surface area contributed by atoms with Crippen molar-refractivity contribution in [3.05, 3.63) is 34.9 Å². The molecule has 1 aromatic rings. The highest BCUT2D eigenvalue weighted by Gasteiger charge is 2.20. The van der Waals surface area contributed by atoms with Crippen molar-refractivity contribution >= 4 is 11.6 Å². The van der Waals surface area contributed by atoms with Crippen molar-refractivity contribution in [3.63, 3.8) is 0 Å². The van der Waals surface area contributed by atoms with E-state index in [0.717, 1.165) is 37.6 Å². The van der Waals surface area contributed by atoms with E-state index >= 15 is 0 Å². The minimum Gasteiger partial charge on any atom is -0.381 e. The third-order valence-corrected chi connectivity index (χ3v) is 3.41. The Hall–Kier alpha value is -0.610. The van der Waals surface area contributed by atoms with Crippen molar-refractivity contribution in [2.24, 2.45) is 0 Å². The maximum atomic E-state index is 6.17. The summed E-state index contributed by atoms with van der Waals surface area (Å²) in [4.78, 5) is 0. The van der Waals surface area contributed by atoms with Crippen molar-refractivity contribution in [1.82, 2.24) is 5.32 Å². The van der Waals surface area contributed by atoms with Gasteiger partial charge in [-0.05, 0) is 37.6 Å². The van der Waals surface area contributed by atoms with Gasteiger partial charge in [0.05, 0.1) is 12.2 Å². The lowest BCUT2D eigenvalue weighted by molar-refractivity contribution is -0.0684. The Bertz CT molecular complexity index is 349. The molecule has 0 radical (unpaired) electrons. The van der Waals surface area contributed by atoms with Crippen LogP contribution in [0.5, 0.6) is 0 Å². The van der Waals surface area contributed by atoms with Crippen molar-refractivity contribution in [2.45, 2.75) is 25.0 Å². The number of nitrogens with one attached hydrogen (secondary N) is 1. The predicted octanol–water partition coefficient (Wildman–Crippen LogP) is 2.80. The molecule has 1 aromatic carbocycles. The lowest BCUT2D eigenvalue weighted by Crippen LogP contribution is -2.29. The summed E-state index contributed by atoms with van der Waals surface area (Å²) in [7, 11) is 1.94. The van der Waals surface area contributed by atoms with E-state index in [1.165, 1.54) is 5.56 Å². The average Bonchev–Trinajstić information content (AvgIpc) is 2.40. The van der Waals surface area contributed by atoms with Crippen LogP contribution in [0, 0.1) is 0 Å². The van der Waals surface area contributed by atoms with Crippen LogP contribution in [0.4, 0.5) is 0 Å². The second kappa shape index (κ2) is 7.10. The van der Waals surface area contributed by atoms with Gasteiger partial charge in [0.15, 0.2) is 0 Å². The highest BCUT2D eigenvalue weighted by molar-refractivity contribution is 6.30. The Morgan fingerprint density at radius 3 is 2.61 bits per heavy atom. The monoisotopic (exact) mass is 269 g/mol. The summed E-state index contributed by atoms with van der Waals surface area (Å²) in [6.45, 7) is 2.41. The molecule has 1 atom stereocenters. The number of ether oxygens (including phenoxy) is 2. The minimum absolute atomic E-state index is 0.0790. The molecule has 1 aliphatic heterocycles. The molecular formula is C14H20ClNO2. The van der Waals surface area contributed by atoms with Gasteiger partial charge in [-0.2, -0.15) is 0 Å². The minimum atomic E-state index is 0.0790. The zero-order valence-electron chi connectivity index (χ0n) is 10.7. The molecule has 1 fully saturated rings. The van der Waals surface area contributed by atoms with Crippen LogP contribution in [-0.2, 0) is 9.47 Å². The molecule has 0 bridgehead atoms. The van der Waals surface area contributed by atoms with Crippen LogP contribution in [0.2, 0.25) is 5.02 Å². The highest BCUT2D eigenvalue weighted by atomic mass is 35.5. The van der Waals surface area contributed by atoms with Crippen LogP contribution in [0.1, 0.15) is 24.5 Å². The van der Waals surface area contributed by atoms with Crippen molar-refractivity contribution in [2.75, 3.05) is 26.8 Å². The number of hydrogen-bond acceptors (Lipinski definition) is 3. The Labute approximate surface area is 113 Å². The van der Waals surface area contributed by atoms with Gasteiger partial charge in [-0.1, -0.05) is 23.7 Å². The van der Waals surface area contributed by atoms with Crippen molar-refractivity contribution in [1.29, 1.82) is 0 Å². The maximum absolute atomic E-state index is 6.17.